The van der Waals surface area contributed by atoms with E-state index in [0.29, 0.717) is 6.04 Å². The van der Waals surface area contributed by atoms with Crippen molar-refractivity contribution in [2.24, 2.45) is 0 Å². The number of hydrogen-bond donors (Lipinski definition) is 0. The Morgan fingerprint density at radius 1 is 1.56 bits per heavy atom. The van der Waals surface area contributed by atoms with Crippen molar-refractivity contribution in [3.05, 3.63) is 16.6 Å². The second-order valence-corrected chi connectivity index (χ2v) is 3.22. The predicted octanol–water partition coefficient (Wildman–Crippen LogP) is 1.92. The molecule has 1 rings (SSSR count). The molecule has 1 heterocycles. The quantitative estimate of drug-likeness (QED) is 0.527. The van der Waals surface area contributed by atoms with Gasteiger partial charge in [-0.3, -0.25) is 0 Å². The van der Waals surface area contributed by atoms with Gasteiger partial charge < -0.3 is 0 Å². The summed E-state index contributed by atoms with van der Waals surface area (Å²) in [6.07, 6.45) is 0. The summed E-state index contributed by atoms with van der Waals surface area (Å²) in [5.41, 5.74) is 3.51. The third-order valence-corrected chi connectivity index (χ3v) is 2.20. The van der Waals surface area contributed by atoms with Gasteiger partial charge in [0, 0.05) is 6.92 Å². The van der Waals surface area contributed by atoms with Crippen molar-refractivity contribution in [2.75, 3.05) is 0 Å². The fourth-order valence-corrected chi connectivity index (χ4v) is 1.79. The minimum absolute atomic E-state index is 0.608. The van der Waals surface area contributed by atoms with Crippen LogP contribution in [0.5, 0.6) is 0 Å². The van der Waals surface area contributed by atoms with E-state index in [2.05, 4.69) is 36.2 Å². The predicted molar refractivity (Wildman–Crippen MR) is 39.6 cm³/mol. The highest BCUT2D eigenvalue weighted by molar-refractivity contribution is 7.07. The fraction of sp³-hybridized carbons (Fsp3) is 0.571. The van der Waals surface area contributed by atoms with Crippen molar-refractivity contribution in [3.8, 4) is 0 Å². The van der Waals surface area contributed by atoms with Gasteiger partial charge >= 0.3 is 0 Å². The Morgan fingerprint density at radius 2 is 2.22 bits per heavy atom. The standard InChI is InChI=1S/C7H12NS/c1-6(2)8-5-9-4-7(8)3/h4-6H,1-3H3/q+1. The monoisotopic (exact) mass is 142 g/mol. The van der Waals surface area contributed by atoms with Crippen molar-refractivity contribution in [1.82, 2.24) is 0 Å². The molecule has 0 aliphatic rings. The lowest BCUT2D eigenvalue weighted by Gasteiger charge is -1.95. The Hall–Kier alpha value is -0.370. The van der Waals surface area contributed by atoms with E-state index in [4.69, 9.17) is 0 Å². The number of aromatic nitrogens is 1. The summed E-state index contributed by atoms with van der Waals surface area (Å²) >= 11 is 1.76. The minimum Gasteiger partial charge on any atom is -0.191 e. The van der Waals surface area contributed by atoms with Crippen molar-refractivity contribution in [1.29, 1.82) is 0 Å². The first-order valence-electron chi connectivity index (χ1n) is 3.15. The van der Waals surface area contributed by atoms with E-state index in [1.807, 2.05) is 0 Å². The molecule has 1 aromatic rings. The van der Waals surface area contributed by atoms with Crippen LogP contribution in [-0.2, 0) is 0 Å². The molecule has 9 heavy (non-hydrogen) atoms. The molecule has 0 fully saturated rings. The van der Waals surface area contributed by atoms with Crippen LogP contribution in [0.25, 0.3) is 0 Å². The summed E-state index contributed by atoms with van der Waals surface area (Å²) < 4.78 is 2.27. The zero-order valence-corrected chi connectivity index (χ0v) is 6.90. The van der Waals surface area contributed by atoms with Crippen molar-refractivity contribution >= 4 is 11.3 Å². The van der Waals surface area contributed by atoms with E-state index >= 15 is 0 Å². The molecule has 0 aliphatic carbocycles. The number of rotatable bonds is 1. The highest BCUT2D eigenvalue weighted by atomic mass is 32.1. The lowest BCUT2D eigenvalue weighted by Crippen LogP contribution is -2.36. The molecule has 1 nitrogen and oxygen atoms in total. The van der Waals surface area contributed by atoms with Crippen LogP contribution in [0.1, 0.15) is 25.6 Å². The van der Waals surface area contributed by atoms with Gasteiger partial charge in [-0.15, -0.1) is 0 Å². The van der Waals surface area contributed by atoms with Gasteiger partial charge in [0.1, 0.15) is 0 Å². The molecule has 0 aromatic carbocycles. The Balaban J connectivity index is 2.94. The van der Waals surface area contributed by atoms with Gasteiger partial charge in [-0.05, 0) is 13.8 Å². The number of aryl methyl sites for hydroxylation is 1. The van der Waals surface area contributed by atoms with Crippen LogP contribution in [0, 0.1) is 6.92 Å². The number of hydrogen-bond acceptors (Lipinski definition) is 1. The molecule has 0 spiro atoms. The Kier molecular flexibility index (Phi) is 1.86. The second kappa shape index (κ2) is 2.48. The van der Waals surface area contributed by atoms with Gasteiger partial charge in [0.25, 0.3) is 0 Å². The third-order valence-electron chi connectivity index (χ3n) is 1.38. The molecule has 2 heteroatoms. The lowest BCUT2D eigenvalue weighted by molar-refractivity contribution is -0.717. The molecule has 0 bridgehead atoms. The van der Waals surface area contributed by atoms with Gasteiger partial charge in [-0.25, -0.2) is 0 Å². The van der Waals surface area contributed by atoms with Crippen LogP contribution in [0.3, 0.4) is 0 Å². The Morgan fingerprint density at radius 3 is 2.44 bits per heavy atom. The molecule has 1 aromatic heterocycles. The summed E-state index contributed by atoms with van der Waals surface area (Å²) in [7, 11) is 0. The molecule has 0 radical (unpaired) electrons. The first-order valence-corrected chi connectivity index (χ1v) is 4.10. The van der Waals surface area contributed by atoms with Gasteiger partial charge in [-0.2, -0.15) is 4.57 Å². The highest BCUT2D eigenvalue weighted by Gasteiger charge is 2.09. The van der Waals surface area contributed by atoms with Crippen LogP contribution in [-0.4, -0.2) is 0 Å². The number of thiazole rings is 1. The van der Waals surface area contributed by atoms with Crippen LogP contribution >= 0.6 is 11.3 Å². The van der Waals surface area contributed by atoms with Crippen LogP contribution in [0.2, 0.25) is 0 Å². The SMILES string of the molecule is Cc1csc[n+]1C(C)C. The molecule has 0 saturated heterocycles. The van der Waals surface area contributed by atoms with E-state index in [-0.39, 0.29) is 0 Å². The van der Waals surface area contributed by atoms with Crippen molar-refractivity contribution in [3.63, 3.8) is 0 Å². The summed E-state index contributed by atoms with van der Waals surface area (Å²) in [6.45, 7) is 6.52. The maximum Gasteiger partial charge on any atom is 0.225 e. The third kappa shape index (κ3) is 1.30. The molecular weight excluding hydrogens is 130 g/mol. The van der Waals surface area contributed by atoms with Crippen molar-refractivity contribution < 1.29 is 4.57 Å². The zero-order valence-electron chi connectivity index (χ0n) is 6.09. The topological polar surface area (TPSA) is 3.88 Å². The summed E-state index contributed by atoms with van der Waals surface area (Å²) in [5, 5.41) is 2.17. The molecule has 0 aliphatic heterocycles. The average molecular weight is 142 g/mol. The fourth-order valence-electron chi connectivity index (χ4n) is 0.867. The molecule has 0 atom stereocenters. The average Bonchev–Trinajstić information content (AvgIpc) is 2.13. The molecule has 0 amide bonds. The van der Waals surface area contributed by atoms with E-state index < -0.39 is 0 Å². The molecular formula is C7H12NS+. The van der Waals surface area contributed by atoms with E-state index in [0.717, 1.165) is 0 Å². The molecule has 0 saturated carbocycles. The second-order valence-electron chi connectivity index (χ2n) is 2.50. The highest BCUT2D eigenvalue weighted by Crippen LogP contribution is 2.01. The number of nitrogens with zero attached hydrogens (tertiary/aromatic N) is 1. The Labute approximate surface area is 60.0 Å². The van der Waals surface area contributed by atoms with Crippen LogP contribution in [0.4, 0.5) is 0 Å². The van der Waals surface area contributed by atoms with Crippen LogP contribution in [0.15, 0.2) is 10.9 Å². The first kappa shape index (κ1) is 6.75. The largest absolute Gasteiger partial charge is 0.225 e. The van der Waals surface area contributed by atoms with Crippen molar-refractivity contribution in [2.45, 2.75) is 26.8 Å². The van der Waals surface area contributed by atoms with Gasteiger partial charge in [0.15, 0.2) is 11.7 Å². The normalized spacial score (nSPS) is 10.7. The van der Waals surface area contributed by atoms with Crippen LogP contribution < -0.4 is 4.57 Å². The zero-order chi connectivity index (χ0) is 6.85. The first-order chi connectivity index (χ1) is 4.22. The summed E-state index contributed by atoms with van der Waals surface area (Å²) in [5.74, 6) is 0. The van der Waals surface area contributed by atoms with Gasteiger partial charge in [-0.1, -0.05) is 11.3 Å². The van der Waals surface area contributed by atoms with E-state index in [9.17, 15) is 0 Å². The maximum atomic E-state index is 2.27. The molecule has 0 N–H and O–H groups in total. The van der Waals surface area contributed by atoms with E-state index in [1.165, 1.54) is 5.69 Å². The smallest absolute Gasteiger partial charge is 0.191 e. The van der Waals surface area contributed by atoms with Gasteiger partial charge in [0.05, 0.1) is 5.38 Å². The van der Waals surface area contributed by atoms with E-state index in [1.54, 1.807) is 11.3 Å². The minimum atomic E-state index is 0.608. The maximum absolute atomic E-state index is 2.27. The molecule has 0 unspecified atom stereocenters. The van der Waals surface area contributed by atoms with Gasteiger partial charge in [0.2, 0.25) is 5.51 Å². The Bertz CT molecular complexity index is 191. The summed E-state index contributed by atoms with van der Waals surface area (Å²) in [4.78, 5) is 0. The summed E-state index contributed by atoms with van der Waals surface area (Å²) in [6, 6.07) is 0.608. The molecule has 50 valence electrons. The lowest BCUT2D eigenvalue weighted by atomic mass is 10.4.